The normalized spacial score (nSPS) is 14.7. The van der Waals surface area contributed by atoms with Crippen molar-refractivity contribution in [2.45, 2.75) is 39.2 Å². The number of aryl methyl sites for hydroxylation is 1. The Morgan fingerprint density at radius 2 is 1.94 bits per heavy atom. The lowest BCUT2D eigenvalue weighted by Gasteiger charge is -2.19. The Balaban J connectivity index is 0.00000272. The summed E-state index contributed by atoms with van der Waals surface area (Å²) in [5.74, 6) is 2.63. The Morgan fingerprint density at radius 1 is 1.13 bits per heavy atom. The summed E-state index contributed by atoms with van der Waals surface area (Å²) in [6.45, 7) is 4.26. The lowest BCUT2D eigenvalue weighted by molar-refractivity contribution is 0.492. The van der Waals surface area contributed by atoms with E-state index in [1.165, 1.54) is 23.3 Å². The zero-order valence-electron chi connectivity index (χ0n) is 18.2. The van der Waals surface area contributed by atoms with Crippen molar-refractivity contribution in [2.24, 2.45) is 17.5 Å². The molecule has 1 saturated carbocycles. The minimum Gasteiger partial charge on any atom is -0.356 e. The Bertz CT molecular complexity index is 963. The van der Waals surface area contributed by atoms with Crippen molar-refractivity contribution in [1.29, 1.82) is 0 Å². The number of thiophene rings is 1. The van der Waals surface area contributed by atoms with E-state index in [0.717, 1.165) is 43.5 Å². The summed E-state index contributed by atoms with van der Waals surface area (Å²) in [6, 6.07) is 15.1. The van der Waals surface area contributed by atoms with E-state index in [9.17, 15) is 0 Å². The molecule has 0 bridgehead atoms. The van der Waals surface area contributed by atoms with Crippen LogP contribution >= 0.6 is 35.3 Å². The summed E-state index contributed by atoms with van der Waals surface area (Å²) >= 11 is 1.80. The number of halogens is 1. The first-order valence-electron chi connectivity index (χ1n) is 10.6. The van der Waals surface area contributed by atoms with E-state index in [-0.39, 0.29) is 24.0 Å². The van der Waals surface area contributed by atoms with E-state index in [1.54, 1.807) is 11.3 Å². The van der Waals surface area contributed by atoms with Crippen LogP contribution in [0.25, 0.3) is 0 Å². The summed E-state index contributed by atoms with van der Waals surface area (Å²) in [5, 5.41) is 17.6. The molecule has 0 spiro atoms. The second-order valence-electron chi connectivity index (χ2n) is 8.16. The van der Waals surface area contributed by atoms with E-state index in [4.69, 9.17) is 4.99 Å². The molecule has 0 atom stereocenters. The molecule has 0 aliphatic heterocycles. The second kappa shape index (κ2) is 11.1. The summed E-state index contributed by atoms with van der Waals surface area (Å²) in [6.07, 6.45) is 4.64. The zero-order chi connectivity index (χ0) is 20.8. The fourth-order valence-corrected chi connectivity index (χ4v) is 4.27. The van der Waals surface area contributed by atoms with Crippen molar-refractivity contribution in [2.75, 3.05) is 13.1 Å². The first-order chi connectivity index (χ1) is 14.6. The average molecular weight is 551 g/mol. The molecule has 0 radical (unpaired) electrons. The Kier molecular flexibility index (Phi) is 8.48. The highest BCUT2D eigenvalue weighted by atomic mass is 127. The molecule has 0 amide bonds. The maximum Gasteiger partial charge on any atom is 0.191 e. The van der Waals surface area contributed by atoms with Crippen LogP contribution in [0.1, 0.15) is 34.9 Å². The molecule has 1 aliphatic rings. The maximum atomic E-state index is 4.80. The molecule has 4 rings (SSSR count). The van der Waals surface area contributed by atoms with Crippen LogP contribution in [-0.2, 0) is 26.4 Å². The molecule has 0 unspecified atom stereocenters. The number of rotatable bonds is 9. The predicted octanol–water partition coefficient (Wildman–Crippen LogP) is 4.10. The van der Waals surface area contributed by atoms with Gasteiger partial charge >= 0.3 is 0 Å². The number of nitrogens with one attached hydrogen (secondary N) is 2. The lowest BCUT2D eigenvalue weighted by Crippen LogP contribution is -2.41. The van der Waals surface area contributed by atoms with Gasteiger partial charge in [0.1, 0.15) is 12.4 Å². The highest BCUT2D eigenvalue weighted by molar-refractivity contribution is 14.0. The average Bonchev–Trinajstić information content (AvgIpc) is 3.16. The third kappa shape index (κ3) is 6.77. The number of nitrogens with zero attached hydrogens (tertiary/aromatic N) is 4. The molecule has 3 aromatic rings. The molecular formula is C23H31IN6S. The van der Waals surface area contributed by atoms with Gasteiger partial charge in [-0.25, -0.2) is 4.99 Å². The standard InChI is InChI=1S/C23H30N6S.HI/c1-18-27-28-21(29(18)2)16-25-22(24-13-10-20-9-6-14-30-20)26-17-23(11-12-23)15-19-7-4-3-5-8-19;/h3-9,14H,10-13,15-17H2,1-2H3,(H2,24,25,26);1H. The van der Waals surface area contributed by atoms with Crippen LogP contribution in [0.3, 0.4) is 0 Å². The number of hydrogen-bond donors (Lipinski definition) is 2. The van der Waals surface area contributed by atoms with Gasteiger partial charge in [-0.1, -0.05) is 36.4 Å². The van der Waals surface area contributed by atoms with Gasteiger partial charge in [0, 0.05) is 25.0 Å². The molecule has 2 heterocycles. The summed E-state index contributed by atoms with van der Waals surface area (Å²) < 4.78 is 1.99. The monoisotopic (exact) mass is 550 g/mol. The van der Waals surface area contributed by atoms with Gasteiger partial charge in [0.25, 0.3) is 0 Å². The largest absolute Gasteiger partial charge is 0.356 e. The summed E-state index contributed by atoms with van der Waals surface area (Å²) in [5.41, 5.74) is 1.76. The van der Waals surface area contributed by atoms with Gasteiger partial charge in [0.2, 0.25) is 0 Å². The Labute approximate surface area is 205 Å². The number of aromatic nitrogens is 3. The van der Waals surface area contributed by atoms with Crippen LogP contribution < -0.4 is 10.6 Å². The van der Waals surface area contributed by atoms with E-state index >= 15 is 0 Å². The van der Waals surface area contributed by atoms with Gasteiger partial charge in [0.15, 0.2) is 11.8 Å². The molecule has 8 heteroatoms. The van der Waals surface area contributed by atoms with Gasteiger partial charge in [0.05, 0.1) is 0 Å². The summed E-state index contributed by atoms with van der Waals surface area (Å²) in [7, 11) is 1.98. The predicted molar refractivity (Wildman–Crippen MR) is 138 cm³/mol. The highest BCUT2D eigenvalue weighted by Gasteiger charge is 2.42. The van der Waals surface area contributed by atoms with Gasteiger partial charge in [-0.3, -0.25) is 0 Å². The lowest BCUT2D eigenvalue weighted by atomic mass is 9.96. The van der Waals surface area contributed by atoms with Crippen molar-refractivity contribution in [3.63, 3.8) is 0 Å². The van der Waals surface area contributed by atoms with E-state index < -0.39 is 0 Å². The van der Waals surface area contributed by atoms with Crippen molar-refractivity contribution >= 4 is 41.3 Å². The molecule has 1 aromatic carbocycles. The third-order valence-electron chi connectivity index (χ3n) is 5.82. The molecule has 1 aliphatic carbocycles. The second-order valence-corrected chi connectivity index (χ2v) is 9.19. The fourth-order valence-electron chi connectivity index (χ4n) is 3.56. The zero-order valence-corrected chi connectivity index (χ0v) is 21.3. The SMILES string of the molecule is Cc1nnc(CN=C(NCCc2cccs2)NCC2(Cc3ccccc3)CC2)n1C.I. The van der Waals surface area contributed by atoms with Gasteiger partial charge in [-0.2, -0.15) is 0 Å². The molecule has 31 heavy (non-hydrogen) atoms. The molecule has 0 saturated heterocycles. The minimum absolute atomic E-state index is 0. The van der Waals surface area contributed by atoms with Crippen LogP contribution in [0.2, 0.25) is 0 Å². The topological polar surface area (TPSA) is 67.1 Å². The van der Waals surface area contributed by atoms with Gasteiger partial charge in [-0.15, -0.1) is 45.5 Å². The van der Waals surface area contributed by atoms with Crippen molar-refractivity contribution < 1.29 is 0 Å². The molecule has 2 N–H and O–H groups in total. The van der Waals surface area contributed by atoms with E-state index in [0.29, 0.717) is 12.0 Å². The smallest absolute Gasteiger partial charge is 0.191 e. The molecule has 1 fully saturated rings. The van der Waals surface area contributed by atoms with Crippen LogP contribution in [0.5, 0.6) is 0 Å². The van der Waals surface area contributed by atoms with Crippen LogP contribution in [-0.4, -0.2) is 33.8 Å². The number of aliphatic imine (C=N–C) groups is 1. The first kappa shape index (κ1) is 23.7. The van der Waals surface area contributed by atoms with Gasteiger partial charge < -0.3 is 15.2 Å². The van der Waals surface area contributed by atoms with Crippen LogP contribution in [0.15, 0.2) is 52.8 Å². The quantitative estimate of drug-likeness (QED) is 0.239. The highest BCUT2D eigenvalue weighted by Crippen LogP contribution is 2.47. The van der Waals surface area contributed by atoms with Crippen molar-refractivity contribution in [1.82, 2.24) is 25.4 Å². The first-order valence-corrected chi connectivity index (χ1v) is 11.4. The fraction of sp³-hybridized carbons (Fsp3) is 0.435. The molecule has 166 valence electrons. The van der Waals surface area contributed by atoms with Crippen molar-refractivity contribution in [3.05, 3.63) is 69.9 Å². The summed E-state index contributed by atoms with van der Waals surface area (Å²) in [4.78, 5) is 6.18. The van der Waals surface area contributed by atoms with E-state index in [1.807, 2.05) is 18.5 Å². The van der Waals surface area contributed by atoms with E-state index in [2.05, 4.69) is 68.7 Å². The maximum absolute atomic E-state index is 4.80. The third-order valence-corrected chi connectivity index (χ3v) is 6.75. The molecule has 6 nitrogen and oxygen atoms in total. The van der Waals surface area contributed by atoms with Crippen LogP contribution in [0.4, 0.5) is 0 Å². The number of hydrogen-bond acceptors (Lipinski definition) is 4. The molecular weight excluding hydrogens is 519 g/mol. The van der Waals surface area contributed by atoms with Crippen molar-refractivity contribution in [3.8, 4) is 0 Å². The molecule has 2 aromatic heterocycles. The minimum atomic E-state index is 0. The Morgan fingerprint density at radius 3 is 2.58 bits per heavy atom. The van der Waals surface area contributed by atoms with Crippen LogP contribution in [0, 0.1) is 12.3 Å². The number of guanidine groups is 1. The Hall–Kier alpha value is -1.94. The van der Waals surface area contributed by atoms with Gasteiger partial charge in [-0.05, 0) is 55.0 Å². The number of benzene rings is 1.